The first kappa shape index (κ1) is 18.2. The maximum atomic E-state index is 12.9. The molecule has 130 valence electrons. The van der Waals surface area contributed by atoms with Gasteiger partial charge in [-0.3, -0.25) is 0 Å². The van der Waals surface area contributed by atoms with Crippen LogP contribution in [-0.4, -0.2) is 26.0 Å². The van der Waals surface area contributed by atoms with Crippen molar-refractivity contribution in [2.24, 2.45) is 0 Å². The Morgan fingerprint density at radius 2 is 1.88 bits per heavy atom. The molecule has 0 radical (unpaired) electrons. The minimum atomic E-state index is -3.84. The highest BCUT2D eigenvalue weighted by Gasteiger charge is 2.26. The molecular formula is C16H19FN2O4S. The number of carbonyl (C=O) groups excluding carboxylic acids is 1. The summed E-state index contributed by atoms with van der Waals surface area (Å²) >= 11 is 0. The summed E-state index contributed by atoms with van der Waals surface area (Å²) in [7, 11) is -3.84. The molecule has 0 spiro atoms. The number of sulfonamides is 1. The number of rotatable bonds is 6. The molecule has 0 bridgehead atoms. The van der Waals surface area contributed by atoms with E-state index in [1.54, 1.807) is 20.8 Å². The summed E-state index contributed by atoms with van der Waals surface area (Å²) in [6, 6.07) is 5.52. The van der Waals surface area contributed by atoms with Gasteiger partial charge in [-0.15, -0.1) is 0 Å². The van der Waals surface area contributed by atoms with Gasteiger partial charge >= 0.3 is 5.97 Å². The molecule has 2 N–H and O–H groups in total. The monoisotopic (exact) mass is 354 g/mol. The molecule has 0 saturated heterocycles. The second-order valence-corrected chi connectivity index (χ2v) is 6.95. The number of ether oxygens (including phenoxy) is 1. The van der Waals surface area contributed by atoms with E-state index in [1.807, 2.05) is 0 Å². The van der Waals surface area contributed by atoms with Crippen molar-refractivity contribution in [2.45, 2.75) is 32.2 Å². The van der Waals surface area contributed by atoms with Gasteiger partial charge < -0.3 is 9.72 Å². The topological polar surface area (TPSA) is 88.3 Å². The van der Waals surface area contributed by atoms with E-state index in [1.165, 1.54) is 24.3 Å². The van der Waals surface area contributed by atoms with E-state index >= 15 is 0 Å². The zero-order valence-corrected chi connectivity index (χ0v) is 14.5. The van der Waals surface area contributed by atoms with Gasteiger partial charge in [0.15, 0.2) is 0 Å². The maximum Gasteiger partial charge on any atom is 0.355 e. The quantitative estimate of drug-likeness (QED) is 0.780. The summed E-state index contributed by atoms with van der Waals surface area (Å²) in [6.07, 6.45) is 0. The summed E-state index contributed by atoms with van der Waals surface area (Å²) in [5.41, 5.74) is 1.40. The van der Waals surface area contributed by atoms with Crippen LogP contribution in [0.4, 0.5) is 4.39 Å². The van der Waals surface area contributed by atoms with E-state index in [4.69, 9.17) is 4.74 Å². The van der Waals surface area contributed by atoms with Crippen LogP contribution < -0.4 is 4.72 Å². The van der Waals surface area contributed by atoms with E-state index in [-0.39, 0.29) is 23.7 Å². The van der Waals surface area contributed by atoms with Crippen molar-refractivity contribution in [3.63, 3.8) is 0 Å². The Balaban J connectivity index is 2.25. The molecule has 0 aliphatic heterocycles. The number of hydrogen-bond donors (Lipinski definition) is 2. The third kappa shape index (κ3) is 3.82. The van der Waals surface area contributed by atoms with Gasteiger partial charge in [0.25, 0.3) is 0 Å². The van der Waals surface area contributed by atoms with Crippen molar-refractivity contribution < 1.29 is 22.3 Å². The van der Waals surface area contributed by atoms with E-state index in [0.717, 1.165) is 0 Å². The molecule has 1 heterocycles. The molecule has 1 aromatic carbocycles. The minimum Gasteiger partial charge on any atom is -0.461 e. The Kier molecular flexibility index (Phi) is 5.40. The number of carbonyl (C=O) groups is 1. The number of benzene rings is 1. The Bertz CT molecular complexity index is 842. The van der Waals surface area contributed by atoms with Gasteiger partial charge in [-0.2, -0.15) is 0 Å². The molecule has 1 aromatic heterocycles. The summed E-state index contributed by atoms with van der Waals surface area (Å²) in [5, 5.41) is 0. The minimum absolute atomic E-state index is 0.0153. The van der Waals surface area contributed by atoms with Crippen molar-refractivity contribution in [1.82, 2.24) is 9.71 Å². The van der Waals surface area contributed by atoms with E-state index < -0.39 is 21.8 Å². The van der Waals surface area contributed by atoms with Crippen LogP contribution in [0, 0.1) is 19.7 Å². The second kappa shape index (κ2) is 7.14. The lowest BCUT2D eigenvalue weighted by molar-refractivity contribution is 0.0519. The normalized spacial score (nSPS) is 11.5. The molecule has 24 heavy (non-hydrogen) atoms. The number of aromatic amines is 1. The number of halogens is 1. The van der Waals surface area contributed by atoms with Crippen molar-refractivity contribution in [3.8, 4) is 0 Å². The number of nitrogens with one attached hydrogen (secondary N) is 2. The summed E-state index contributed by atoms with van der Waals surface area (Å²) in [5.74, 6) is -0.990. The molecule has 2 aromatic rings. The molecule has 0 atom stereocenters. The molecule has 0 unspecified atom stereocenters. The zero-order valence-electron chi connectivity index (χ0n) is 13.6. The SMILES string of the molecule is CCOC(=O)c1[nH]c(C)c(S(=O)(=O)NCc2ccc(F)cc2)c1C. The fraction of sp³-hybridized carbons (Fsp3) is 0.312. The highest BCUT2D eigenvalue weighted by molar-refractivity contribution is 7.89. The van der Waals surface area contributed by atoms with Crippen LogP contribution in [0.2, 0.25) is 0 Å². The third-order valence-corrected chi connectivity index (χ3v) is 5.17. The van der Waals surface area contributed by atoms with Gasteiger partial charge in [0, 0.05) is 17.8 Å². The Hall–Kier alpha value is -2.19. The van der Waals surface area contributed by atoms with Gasteiger partial charge in [-0.05, 0) is 38.5 Å². The largest absolute Gasteiger partial charge is 0.461 e. The lowest BCUT2D eigenvalue weighted by atomic mass is 10.2. The number of aromatic nitrogens is 1. The van der Waals surface area contributed by atoms with Gasteiger partial charge in [-0.1, -0.05) is 12.1 Å². The number of hydrogen-bond acceptors (Lipinski definition) is 4. The zero-order chi connectivity index (χ0) is 17.9. The van der Waals surface area contributed by atoms with E-state index in [2.05, 4.69) is 9.71 Å². The highest BCUT2D eigenvalue weighted by Crippen LogP contribution is 2.24. The standard InChI is InChI=1S/C16H19FN2O4S/c1-4-23-16(20)14-10(2)15(11(3)19-14)24(21,22)18-9-12-5-7-13(17)8-6-12/h5-8,18-19H,4,9H2,1-3H3. The lowest BCUT2D eigenvalue weighted by Gasteiger charge is -2.08. The van der Waals surface area contributed by atoms with Crippen LogP contribution in [0.3, 0.4) is 0 Å². The van der Waals surface area contributed by atoms with Crippen molar-refractivity contribution in [3.05, 3.63) is 52.6 Å². The smallest absolute Gasteiger partial charge is 0.355 e. The molecule has 8 heteroatoms. The summed E-state index contributed by atoms with van der Waals surface area (Å²) < 4.78 is 45.4. The van der Waals surface area contributed by atoms with Crippen molar-refractivity contribution in [1.29, 1.82) is 0 Å². The Morgan fingerprint density at radius 3 is 2.46 bits per heavy atom. The van der Waals surface area contributed by atoms with Crippen LogP contribution in [0.1, 0.15) is 34.2 Å². The Labute approximate surface area is 140 Å². The maximum absolute atomic E-state index is 12.9. The molecule has 0 amide bonds. The first-order valence-electron chi connectivity index (χ1n) is 7.36. The van der Waals surface area contributed by atoms with Crippen LogP contribution in [-0.2, 0) is 21.3 Å². The summed E-state index contributed by atoms with van der Waals surface area (Å²) in [4.78, 5) is 14.7. The fourth-order valence-corrected chi connectivity index (χ4v) is 3.86. The second-order valence-electron chi connectivity index (χ2n) is 5.25. The van der Waals surface area contributed by atoms with E-state index in [0.29, 0.717) is 16.8 Å². The molecule has 0 aliphatic rings. The van der Waals surface area contributed by atoms with Crippen LogP contribution in [0.5, 0.6) is 0 Å². The lowest BCUT2D eigenvalue weighted by Crippen LogP contribution is -2.24. The van der Waals surface area contributed by atoms with Crippen LogP contribution in [0.15, 0.2) is 29.2 Å². The molecule has 6 nitrogen and oxygen atoms in total. The molecule has 0 saturated carbocycles. The van der Waals surface area contributed by atoms with Crippen molar-refractivity contribution in [2.75, 3.05) is 6.61 Å². The molecule has 0 fully saturated rings. The Morgan fingerprint density at radius 1 is 1.25 bits per heavy atom. The van der Waals surface area contributed by atoms with Gasteiger partial charge in [0.2, 0.25) is 10.0 Å². The first-order chi connectivity index (χ1) is 11.3. The van der Waals surface area contributed by atoms with Gasteiger partial charge in [0.1, 0.15) is 16.4 Å². The average molecular weight is 354 g/mol. The van der Waals surface area contributed by atoms with Crippen LogP contribution in [0.25, 0.3) is 0 Å². The van der Waals surface area contributed by atoms with Gasteiger partial charge in [0.05, 0.1) is 6.61 Å². The predicted molar refractivity (Wildman–Crippen MR) is 86.6 cm³/mol. The number of esters is 1. The van der Waals surface area contributed by atoms with Gasteiger partial charge in [-0.25, -0.2) is 22.3 Å². The average Bonchev–Trinajstić information content (AvgIpc) is 2.82. The number of H-pyrrole nitrogens is 1. The summed E-state index contributed by atoms with van der Waals surface area (Å²) in [6.45, 7) is 5.00. The van der Waals surface area contributed by atoms with Crippen molar-refractivity contribution >= 4 is 16.0 Å². The third-order valence-electron chi connectivity index (χ3n) is 3.50. The molecule has 2 rings (SSSR count). The molecule has 0 aliphatic carbocycles. The first-order valence-corrected chi connectivity index (χ1v) is 8.85. The predicted octanol–water partition coefficient (Wildman–Crippen LogP) is 2.43. The van der Waals surface area contributed by atoms with E-state index in [9.17, 15) is 17.6 Å². The molecular weight excluding hydrogens is 335 g/mol. The number of aryl methyl sites for hydroxylation is 1. The highest BCUT2D eigenvalue weighted by atomic mass is 32.2. The van der Waals surface area contributed by atoms with Crippen LogP contribution >= 0.6 is 0 Å². The fourth-order valence-electron chi connectivity index (χ4n) is 2.40.